The third-order valence-electron chi connectivity index (χ3n) is 3.94. The molecule has 0 aliphatic carbocycles. The zero-order valence-electron chi connectivity index (χ0n) is 14.6. The lowest BCUT2D eigenvalue weighted by Crippen LogP contribution is -2.14. The van der Waals surface area contributed by atoms with E-state index in [9.17, 15) is 4.79 Å². The van der Waals surface area contributed by atoms with Gasteiger partial charge in [-0.3, -0.25) is 0 Å². The number of rotatable bonds is 6. The Morgan fingerprint density at radius 2 is 2.00 bits per heavy atom. The molecule has 0 spiro atoms. The second kappa shape index (κ2) is 7.41. The minimum Gasteiger partial charge on any atom is -0.482 e. The van der Waals surface area contributed by atoms with Gasteiger partial charge in [0.25, 0.3) is 0 Å². The van der Waals surface area contributed by atoms with Gasteiger partial charge in [-0.15, -0.1) is 0 Å². The second-order valence-corrected chi connectivity index (χ2v) is 6.02. The summed E-state index contributed by atoms with van der Waals surface area (Å²) >= 11 is 0. The Balaban J connectivity index is 1.31. The third kappa shape index (κ3) is 4.03. The van der Waals surface area contributed by atoms with Crippen LogP contribution in [0.5, 0.6) is 17.2 Å². The highest BCUT2D eigenvalue weighted by atomic mass is 16.7. The van der Waals surface area contributed by atoms with Crippen molar-refractivity contribution in [3.8, 4) is 28.6 Å². The second-order valence-electron chi connectivity index (χ2n) is 6.02. The molecule has 0 N–H and O–H groups in total. The lowest BCUT2D eigenvalue weighted by atomic mass is 10.1. The van der Waals surface area contributed by atoms with Crippen LogP contribution in [0.25, 0.3) is 11.3 Å². The van der Waals surface area contributed by atoms with E-state index in [4.69, 9.17) is 23.5 Å². The first-order valence-electron chi connectivity index (χ1n) is 8.38. The van der Waals surface area contributed by atoms with E-state index < -0.39 is 5.97 Å². The molecule has 0 saturated heterocycles. The number of carbonyl (C=O) groups is 1. The van der Waals surface area contributed by atoms with Crippen LogP contribution in [0.15, 0.2) is 53.1 Å². The standard InChI is InChI=1S/C20H17NO6/c1-13-3-2-4-16(7-13)23-11-20(22)24-10-15-9-18(27-21-15)14-5-6-17-19(8-14)26-12-25-17/h2-9H,10-12H2,1H3. The Morgan fingerprint density at radius 1 is 1.11 bits per heavy atom. The Labute approximate surface area is 155 Å². The molecule has 0 radical (unpaired) electrons. The summed E-state index contributed by atoms with van der Waals surface area (Å²) in [6.07, 6.45) is 0. The van der Waals surface area contributed by atoms with Gasteiger partial charge >= 0.3 is 5.97 Å². The van der Waals surface area contributed by atoms with Crippen molar-refractivity contribution in [2.75, 3.05) is 13.4 Å². The highest BCUT2D eigenvalue weighted by molar-refractivity contribution is 5.71. The fourth-order valence-corrected chi connectivity index (χ4v) is 2.61. The van der Waals surface area contributed by atoms with Crippen molar-refractivity contribution >= 4 is 5.97 Å². The van der Waals surface area contributed by atoms with Gasteiger partial charge in [-0.1, -0.05) is 17.3 Å². The topological polar surface area (TPSA) is 80.0 Å². The van der Waals surface area contributed by atoms with E-state index in [1.165, 1.54) is 0 Å². The fraction of sp³-hybridized carbons (Fsp3) is 0.200. The van der Waals surface area contributed by atoms with Gasteiger partial charge < -0.3 is 23.5 Å². The first-order valence-corrected chi connectivity index (χ1v) is 8.38. The van der Waals surface area contributed by atoms with Gasteiger partial charge in [-0.05, 0) is 42.8 Å². The molecule has 27 heavy (non-hydrogen) atoms. The van der Waals surface area contributed by atoms with Crippen LogP contribution < -0.4 is 14.2 Å². The van der Waals surface area contributed by atoms with E-state index in [1.54, 1.807) is 12.1 Å². The van der Waals surface area contributed by atoms with Gasteiger partial charge in [0.1, 0.15) is 18.1 Å². The molecule has 0 amide bonds. The highest BCUT2D eigenvalue weighted by Gasteiger charge is 2.16. The Kier molecular flexibility index (Phi) is 4.65. The molecule has 7 nitrogen and oxygen atoms in total. The average molecular weight is 367 g/mol. The van der Waals surface area contributed by atoms with Crippen LogP contribution in [-0.4, -0.2) is 24.5 Å². The summed E-state index contributed by atoms with van der Waals surface area (Å²) in [5.41, 5.74) is 2.36. The molecule has 0 saturated carbocycles. The maximum Gasteiger partial charge on any atom is 0.344 e. The van der Waals surface area contributed by atoms with Crippen LogP contribution in [0.1, 0.15) is 11.3 Å². The number of fused-ring (bicyclic) bond motifs is 1. The molecule has 1 aliphatic rings. The lowest BCUT2D eigenvalue weighted by Gasteiger charge is -2.06. The fourth-order valence-electron chi connectivity index (χ4n) is 2.61. The Hall–Kier alpha value is -3.48. The van der Waals surface area contributed by atoms with Crippen LogP contribution in [-0.2, 0) is 16.1 Å². The van der Waals surface area contributed by atoms with Crippen LogP contribution in [0.3, 0.4) is 0 Å². The van der Waals surface area contributed by atoms with Crippen molar-refractivity contribution < 1.29 is 28.3 Å². The molecule has 4 rings (SSSR count). The maximum absolute atomic E-state index is 11.8. The molecule has 7 heteroatoms. The van der Waals surface area contributed by atoms with Crippen molar-refractivity contribution in [1.29, 1.82) is 0 Å². The molecule has 1 aliphatic heterocycles. The summed E-state index contributed by atoms with van der Waals surface area (Å²) in [7, 11) is 0. The van der Waals surface area contributed by atoms with Crippen molar-refractivity contribution in [2.24, 2.45) is 0 Å². The number of carbonyl (C=O) groups excluding carboxylic acids is 1. The monoisotopic (exact) mass is 367 g/mol. The molecule has 0 fully saturated rings. The van der Waals surface area contributed by atoms with E-state index in [0.717, 1.165) is 11.1 Å². The Bertz CT molecular complexity index is 965. The molecule has 2 heterocycles. The first kappa shape index (κ1) is 17.0. The number of nitrogens with zero attached hydrogens (tertiary/aromatic N) is 1. The molecule has 3 aromatic rings. The number of aryl methyl sites for hydroxylation is 1. The van der Waals surface area contributed by atoms with E-state index in [1.807, 2.05) is 43.3 Å². The summed E-state index contributed by atoms with van der Waals surface area (Å²) in [6, 6.07) is 14.6. The van der Waals surface area contributed by atoms with Crippen molar-refractivity contribution in [1.82, 2.24) is 5.16 Å². The van der Waals surface area contributed by atoms with Crippen LogP contribution in [0, 0.1) is 6.92 Å². The minimum atomic E-state index is -0.482. The third-order valence-corrected chi connectivity index (χ3v) is 3.94. The van der Waals surface area contributed by atoms with Gasteiger partial charge in [0.05, 0.1) is 0 Å². The summed E-state index contributed by atoms with van der Waals surface area (Å²) in [4.78, 5) is 11.8. The summed E-state index contributed by atoms with van der Waals surface area (Å²) in [6.45, 7) is 1.99. The van der Waals surface area contributed by atoms with Gasteiger partial charge in [-0.25, -0.2) is 4.79 Å². The largest absolute Gasteiger partial charge is 0.482 e. The number of ether oxygens (including phenoxy) is 4. The van der Waals surface area contributed by atoms with E-state index in [-0.39, 0.29) is 20.0 Å². The van der Waals surface area contributed by atoms with Crippen molar-refractivity contribution in [2.45, 2.75) is 13.5 Å². The number of aromatic nitrogens is 1. The molecule has 0 atom stereocenters. The predicted octanol–water partition coefficient (Wildman–Crippen LogP) is 3.50. The quantitative estimate of drug-likeness (QED) is 0.617. The lowest BCUT2D eigenvalue weighted by molar-refractivity contribution is -0.147. The zero-order chi connectivity index (χ0) is 18.6. The molecular formula is C20H17NO6. The Morgan fingerprint density at radius 3 is 2.89 bits per heavy atom. The van der Waals surface area contributed by atoms with Crippen LogP contribution in [0.4, 0.5) is 0 Å². The number of hydrogen-bond donors (Lipinski definition) is 0. The molecular weight excluding hydrogens is 350 g/mol. The average Bonchev–Trinajstić information content (AvgIpc) is 3.33. The van der Waals surface area contributed by atoms with E-state index in [0.29, 0.717) is 28.7 Å². The normalized spacial score (nSPS) is 12.0. The smallest absolute Gasteiger partial charge is 0.344 e. The van der Waals surface area contributed by atoms with E-state index >= 15 is 0 Å². The molecule has 0 unspecified atom stereocenters. The van der Waals surface area contributed by atoms with Crippen molar-refractivity contribution in [3.63, 3.8) is 0 Å². The van der Waals surface area contributed by atoms with Crippen molar-refractivity contribution in [3.05, 3.63) is 59.8 Å². The number of benzene rings is 2. The maximum atomic E-state index is 11.8. The molecule has 0 bridgehead atoms. The minimum absolute atomic E-state index is 0.00403. The van der Waals surface area contributed by atoms with Gasteiger partial charge in [0, 0.05) is 11.6 Å². The van der Waals surface area contributed by atoms with Crippen LogP contribution >= 0.6 is 0 Å². The number of esters is 1. The van der Waals surface area contributed by atoms with Gasteiger partial charge in [-0.2, -0.15) is 0 Å². The molecule has 138 valence electrons. The molecule has 1 aromatic heterocycles. The van der Waals surface area contributed by atoms with Gasteiger partial charge in [0.15, 0.2) is 23.9 Å². The SMILES string of the molecule is Cc1cccc(OCC(=O)OCc2cc(-c3ccc4c(c3)OCO4)on2)c1. The van der Waals surface area contributed by atoms with Gasteiger partial charge in [0.2, 0.25) is 6.79 Å². The highest BCUT2D eigenvalue weighted by Crippen LogP contribution is 2.36. The molecule has 2 aromatic carbocycles. The van der Waals surface area contributed by atoms with Crippen LogP contribution in [0.2, 0.25) is 0 Å². The first-order chi connectivity index (χ1) is 13.2. The predicted molar refractivity (Wildman–Crippen MR) is 94.5 cm³/mol. The summed E-state index contributed by atoms with van der Waals surface area (Å²) in [5, 5.41) is 3.92. The summed E-state index contributed by atoms with van der Waals surface area (Å²) < 4.78 is 26.5. The number of hydrogen-bond acceptors (Lipinski definition) is 7. The summed E-state index contributed by atoms with van der Waals surface area (Å²) in [5.74, 6) is 2.05. The van der Waals surface area contributed by atoms with E-state index in [2.05, 4.69) is 5.16 Å². The zero-order valence-corrected chi connectivity index (χ0v) is 14.6.